The normalized spacial score (nSPS) is 25.2. The van der Waals surface area contributed by atoms with Crippen LogP contribution in [0.15, 0.2) is 22.7 Å². The summed E-state index contributed by atoms with van der Waals surface area (Å²) in [6.45, 7) is 7.10. The maximum atomic E-state index is 11.7. The first-order valence-electron chi connectivity index (χ1n) is 6.06. The second-order valence-corrected chi connectivity index (χ2v) is 5.73. The topological polar surface area (TPSA) is 20.3 Å². The van der Waals surface area contributed by atoms with Crippen molar-refractivity contribution in [3.63, 3.8) is 0 Å². The number of aryl methyl sites for hydroxylation is 1. The molecule has 1 aliphatic heterocycles. The van der Waals surface area contributed by atoms with Gasteiger partial charge in [-0.05, 0) is 37.6 Å². The van der Waals surface area contributed by atoms with E-state index >= 15 is 0 Å². The highest BCUT2D eigenvalue weighted by molar-refractivity contribution is 9.10. The van der Waals surface area contributed by atoms with E-state index in [1.807, 2.05) is 6.92 Å². The van der Waals surface area contributed by atoms with Gasteiger partial charge in [0.25, 0.3) is 0 Å². The van der Waals surface area contributed by atoms with Crippen molar-refractivity contribution in [3.8, 4) is 0 Å². The zero-order valence-electron chi connectivity index (χ0n) is 10.5. The molecule has 2 nitrogen and oxygen atoms in total. The minimum absolute atomic E-state index is 0.132. The van der Waals surface area contributed by atoms with Gasteiger partial charge >= 0.3 is 0 Å². The van der Waals surface area contributed by atoms with E-state index in [1.54, 1.807) is 0 Å². The Morgan fingerprint density at radius 1 is 1.35 bits per heavy atom. The largest absolute Gasteiger partial charge is 0.368 e. The molecular weight excluding hydrogens is 278 g/mol. The van der Waals surface area contributed by atoms with Crippen LogP contribution in [0.5, 0.6) is 0 Å². The molecule has 0 N–H and O–H groups in total. The number of hydrogen-bond acceptors (Lipinski definition) is 2. The molecule has 2 atom stereocenters. The molecule has 1 aromatic rings. The fourth-order valence-electron chi connectivity index (χ4n) is 2.37. The summed E-state index contributed by atoms with van der Waals surface area (Å²) in [5.41, 5.74) is 2.46. The number of rotatable bonds is 1. The van der Waals surface area contributed by atoms with Crippen LogP contribution in [0.1, 0.15) is 25.8 Å². The minimum atomic E-state index is 0.132. The van der Waals surface area contributed by atoms with E-state index in [0.29, 0.717) is 12.2 Å². The molecule has 0 saturated carbocycles. The van der Waals surface area contributed by atoms with Crippen LogP contribution in [0.4, 0.5) is 5.69 Å². The average Bonchev–Trinajstić information content (AvgIpc) is 2.30. The highest BCUT2D eigenvalue weighted by Crippen LogP contribution is 2.29. The summed E-state index contributed by atoms with van der Waals surface area (Å²) in [4.78, 5) is 14.0. The lowest BCUT2D eigenvalue weighted by molar-refractivity contribution is -0.123. The standard InChI is InChI=1S/C14H18BrNO/c1-9-8-12(4-5-13(9)15)16-7-6-14(17)10(2)11(16)3/h4-5,8,10-11H,6-7H2,1-3H3. The lowest BCUT2D eigenvalue weighted by atomic mass is 9.90. The summed E-state index contributed by atoms with van der Waals surface area (Å²) in [5, 5.41) is 0. The Morgan fingerprint density at radius 2 is 2.06 bits per heavy atom. The Kier molecular flexibility index (Phi) is 3.57. The van der Waals surface area contributed by atoms with Crippen molar-refractivity contribution < 1.29 is 4.79 Å². The van der Waals surface area contributed by atoms with E-state index in [4.69, 9.17) is 0 Å². The molecule has 2 rings (SSSR count). The molecule has 1 aliphatic rings. The van der Waals surface area contributed by atoms with Gasteiger partial charge in [-0.25, -0.2) is 0 Å². The number of halogens is 1. The Bertz CT molecular complexity index is 444. The van der Waals surface area contributed by atoms with E-state index < -0.39 is 0 Å². The van der Waals surface area contributed by atoms with Gasteiger partial charge in [-0.1, -0.05) is 22.9 Å². The first kappa shape index (κ1) is 12.6. The quantitative estimate of drug-likeness (QED) is 0.789. The van der Waals surface area contributed by atoms with Crippen molar-refractivity contribution in [2.75, 3.05) is 11.4 Å². The molecule has 1 aromatic carbocycles. The zero-order chi connectivity index (χ0) is 12.6. The maximum absolute atomic E-state index is 11.7. The average molecular weight is 296 g/mol. The summed E-state index contributed by atoms with van der Waals surface area (Å²) in [6.07, 6.45) is 0.667. The molecule has 0 radical (unpaired) electrons. The van der Waals surface area contributed by atoms with E-state index in [0.717, 1.165) is 11.0 Å². The van der Waals surface area contributed by atoms with Crippen molar-refractivity contribution in [2.24, 2.45) is 5.92 Å². The molecule has 17 heavy (non-hydrogen) atoms. The molecule has 0 amide bonds. The Morgan fingerprint density at radius 3 is 2.71 bits per heavy atom. The first-order chi connectivity index (χ1) is 8.00. The van der Waals surface area contributed by atoms with Gasteiger partial charge < -0.3 is 4.90 Å². The molecular formula is C14H18BrNO. The van der Waals surface area contributed by atoms with Crippen molar-refractivity contribution in [2.45, 2.75) is 33.2 Å². The number of ketones is 1. The lowest BCUT2D eigenvalue weighted by Crippen LogP contribution is -2.46. The Labute approximate surface area is 111 Å². The van der Waals surface area contributed by atoms with Gasteiger partial charge in [0.15, 0.2) is 0 Å². The van der Waals surface area contributed by atoms with Crippen LogP contribution in [0.2, 0.25) is 0 Å². The number of nitrogens with zero attached hydrogens (tertiary/aromatic N) is 1. The van der Waals surface area contributed by atoms with Gasteiger partial charge in [-0.15, -0.1) is 0 Å². The van der Waals surface area contributed by atoms with Crippen molar-refractivity contribution >= 4 is 27.4 Å². The number of carbonyl (C=O) groups is 1. The molecule has 0 aliphatic carbocycles. The summed E-state index contributed by atoms with van der Waals surface area (Å²) < 4.78 is 1.13. The second-order valence-electron chi connectivity index (χ2n) is 4.87. The summed E-state index contributed by atoms with van der Waals surface area (Å²) in [5.74, 6) is 0.523. The third-order valence-corrected chi connectivity index (χ3v) is 4.69. The molecule has 92 valence electrons. The summed E-state index contributed by atoms with van der Waals surface area (Å²) in [7, 11) is 0. The van der Waals surface area contributed by atoms with Gasteiger partial charge in [-0.2, -0.15) is 0 Å². The lowest BCUT2D eigenvalue weighted by Gasteiger charge is -2.38. The van der Waals surface area contributed by atoms with E-state index in [9.17, 15) is 4.79 Å². The molecule has 3 heteroatoms. The molecule has 1 saturated heterocycles. The summed E-state index contributed by atoms with van der Waals surface area (Å²) >= 11 is 3.52. The molecule has 2 unspecified atom stereocenters. The van der Waals surface area contributed by atoms with Crippen LogP contribution >= 0.6 is 15.9 Å². The SMILES string of the molecule is Cc1cc(N2CCC(=O)C(C)C2C)ccc1Br. The maximum Gasteiger partial charge on any atom is 0.139 e. The zero-order valence-corrected chi connectivity index (χ0v) is 12.1. The number of hydrogen-bond donors (Lipinski definition) is 0. The van der Waals surface area contributed by atoms with Crippen LogP contribution in [0, 0.1) is 12.8 Å². The third kappa shape index (κ3) is 2.39. The van der Waals surface area contributed by atoms with Crippen LogP contribution < -0.4 is 4.90 Å². The van der Waals surface area contributed by atoms with E-state index in [2.05, 4.69) is 52.9 Å². The fraction of sp³-hybridized carbons (Fsp3) is 0.500. The highest BCUT2D eigenvalue weighted by atomic mass is 79.9. The predicted molar refractivity (Wildman–Crippen MR) is 74.5 cm³/mol. The van der Waals surface area contributed by atoms with E-state index in [1.165, 1.54) is 11.3 Å². The molecule has 0 aromatic heterocycles. The first-order valence-corrected chi connectivity index (χ1v) is 6.85. The number of benzene rings is 1. The van der Waals surface area contributed by atoms with Crippen LogP contribution in [-0.4, -0.2) is 18.4 Å². The number of anilines is 1. The Hall–Kier alpha value is -0.830. The number of carbonyl (C=O) groups excluding carboxylic acids is 1. The van der Waals surface area contributed by atoms with Crippen LogP contribution in [-0.2, 0) is 4.79 Å². The van der Waals surface area contributed by atoms with Crippen molar-refractivity contribution in [1.82, 2.24) is 0 Å². The second kappa shape index (κ2) is 4.81. The minimum Gasteiger partial charge on any atom is -0.368 e. The molecule has 0 bridgehead atoms. The van der Waals surface area contributed by atoms with Crippen molar-refractivity contribution in [3.05, 3.63) is 28.2 Å². The highest BCUT2D eigenvalue weighted by Gasteiger charge is 2.30. The smallest absolute Gasteiger partial charge is 0.139 e. The summed E-state index contributed by atoms with van der Waals surface area (Å²) in [6, 6.07) is 6.68. The van der Waals surface area contributed by atoms with Gasteiger partial charge in [-0.3, -0.25) is 4.79 Å². The number of Topliss-reactive ketones (excluding diaryl/α,β-unsaturated/α-hetero) is 1. The fourth-order valence-corrected chi connectivity index (χ4v) is 2.62. The van der Waals surface area contributed by atoms with Gasteiger partial charge in [0.05, 0.1) is 0 Å². The molecule has 1 fully saturated rings. The predicted octanol–water partition coefficient (Wildman–Crippen LogP) is 3.56. The van der Waals surface area contributed by atoms with E-state index in [-0.39, 0.29) is 12.0 Å². The Balaban J connectivity index is 2.27. The van der Waals surface area contributed by atoms with Crippen molar-refractivity contribution in [1.29, 1.82) is 0 Å². The van der Waals surface area contributed by atoms with Gasteiger partial charge in [0.2, 0.25) is 0 Å². The van der Waals surface area contributed by atoms with Gasteiger partial charge in [0, 0.05) is 35.1 Å². The molecule has 0 spiro atoms. The number of piperidine rings is 1. The van der Waals surface area contributed by atoms with Crippen LogP contribution in [0.3, 0.4) is 0 Å². The van der Waals surface area contributed by atoms with Gasteiger partial charge in [0.1, 0.15) is 5.78 Å². The molecule has 1 heterocycles. The third-order valence-electron chi connectivity index (χ3n) is 3.80. The monoisotopic (exact) mass is 295 g/mol. The van der Waals surface area contributed by atoms with Crippen LogP contribution in [0.25, 0.3) is 0 Å².